The zero-order valence-electron chi connectivity index (χ0n) is 6.62. The lowest BCUT2D eigenvalue weighted by Gasteiger charge is -2.13. The minimum atomic E-state index is -1.31. The number of carbonyl (C=O) groups excluding carboxylic acids is 1. The summed E-state index contributed by atoms with van der Waals surface area (Å²) in [5.41, 5.74) is -1.31. The first-order valence-corrected chi connectivity index (χ1v) is 5.25. The number of carbonyl (C=O) groups is 1. The van der Waals surface area contributed by atoms with E-state index in [4.69, 9.17) is 4.74 Å². The van der Waals surface area contributed by atoms with E-state index in [1.165, 1.54) is 6.08 Å². The summed E-state index contributed by atoms with van der Waals surface area (Å²) >= 11 is 2.13. The number of hydrogen-bond acceptors (Lipinski definition) is 3. The molecule has 1 heterocycles. The molecular formula is C8H11IO3. The highest BCUT2D eigenvalue weighted by atomic mass is 127. The minimum absolute atomic E-state index is 0.136. The van der Waals surface area contributed by atoms with Crippen molar-refractivity contribution in [1.82, 2.24) is 0 Å². The standard InChI is InChI=1S/C8H11IO3/c1-2-3-8(11)4-6(5-9)12-7(8)10/h2,6,11H,1,3-5H2/t6-,8-/m1/s1. The molecule has 4 heteroatoms. The Morgan fingerprint density at radius 2 is 2.58 bits per heavy atom. The lowest BCUT2D eigenvalue weighted by Crippen LogP contribution is -2.33. The van der Waals surface area contributed by atoms with E-state index in [-0.39, 0.29) is 12.5 Å². The molecule has 0 aromatic carbocycles. The van der Waals surface area contributed by atoms with Crippen molar-refractivity contribution >= 4 is 28.6 Å². The first-order valence-electron chi connectivity index (χ1n) is 3.72. The topological polar surface area (TPSA) is 46.5 Å². The second-order valence-electron chi connectivity index (χ2n) is 2.91. The van der Waals surface area contributed by atoms with Gasteiger partial charge in [0.2, 0.25) is 0 Å². The summed E-state index contributed by atoms with van der Waals surface area (Å²) in [5.74, 6) is -0.510. The Hall–Kier alpha value is -0.100. The van der Waals surface area contributed by atoms with Gasteiger partial charge < -0.3 is 9.84 Å². The molecule has 0 amide bonds. The van der Waals surface area contributed by atoms with Crippen LogP contribution in [-0.2, 0) is 9.53 Å². The molecule has 12 heavy (non-hydrogen) atoms. The Morgan fingerprint density at radius 1 is 1.92 bits per heavy atom. The summed E-state index contributed by atoms with van der Waals surface area (Å²) < 4.78 is 5.66. The fraction of sp³-hybridized carbons (Fsp3) is 0.625. The van der Waals surface area contributed by atoms with Crippen molar-refractivity contribution in [3.63, 3.8) is 0 Å². The van der Waals surface area contributed by atoms with Crippen LogP contribution in [0.5, 0.6) is 0 Å². The fourth-order valence-corrected chi connectivity index (χ4v) is 1.75. The van der Waals surface area contributed by atoms with Crippen molar-refractivity contribution in [2.45, 2.75) is 24.5 Å². The van der Waals surface area contributed by atoms with Gasteiger partial charge in [0.15, 0.2) is 5.60 Å². The summed E-state index contributed by atoms with van der Waals surface area (Å²) in [6, 6.07) is 0. The molecule has 3 nitrogen and oxygen atoms in total. The van der Waals surface area contributed by atoms with Gasteiger partial charge in [-0.1, -0.05) is 28.7 Å². The zero-order valence-corrected chi connectivity index (χ0v) is 8.78. The number of alkyl halides is 1. The number of rotatable bonds is 3. The van der Waals surface area contributed by atoms with Crippen LogP contribution in [0.3, 0.4) is 0 Å². The first kappa shape index (κ1) is 9.98. The molecular weight excluding hydrogens is 271 g/mol. The number of halogens is 1. The molecule has 2 atom stereocenters. The van der Waals surface area contributed by atoms with Crippen LogP contribution in [0.4, 0.5) is 0 Å². The Labute approximate surface area is 84.9 Å². The molecule has 68 valence electrons. The quantitative estimate of drug-likeness (QED) is 0.364. The monoisotopic (exact) mass is 282 g/mol. The van der Waals surface area contributed by atoms with Crippen LogP contribution in [0.25, 0.3) is 0 Å². The smallest absolute Gasteiger partial charge is 0.338 e. The average molecular weight is 282 g/mol. The van der Waals surface area contributed by atoms with Gasteiger partial charge in [-0.05, 0) is 0 Å². The largest absolute Gasteiger partial charge is 0.459 e. The van der Waals surface area contributed by atoms with Gasteiger partial charge in [0.25, 0.3) is 0 Å². The molecule has 0 bridgehead atoms. The van der Waals surface area contributed by atoms with Crippen molar-refractivity contribution in [1.29, 1.82) is 0 Å². The molecule has 0 spiro atoms. The average Bonchev–Trinajstić information content (AvgIpc) is 2.29. The van der Waals surface area contributed by atoms with Crippen LogP contribution >= 0.6 is 22.6 Å². The minimum Gasteiger partial charge on any atom is -0.459 e. The number of hydrogen-bond donors (Lipinski definition) is 1. The van der Waals surface area contributed by atoms with Gasteiger partial charge in [-0.15, -0.1) is 6.58 Å². The fourth-order valence-electron chi connectivity index (χ4n) is 1.25. The van der Waals surface area contributed by atoms with Gasteiger partial charge in [0.05, 0.1) is 0 Å². The maximum Gasteiger partial charge on any atom is 0.338 e. The molecule has 1 N–H and O–H groups in total. The summed E-state index contributed by atoms with van der Waals surface area (Å²) in [4.78, 5) is 11.1. The second-order valence-corrected chi connectivity index (χ2v) is 3.79. The van der Waals surface area contributed by atoms with E-state index in [0.29, 0.717) is 6.42 Å². The van der Waals surface area contributed by atoms with Crippen molar-refractivity contribution < 1.29 is 14.6 Å². The number of ether oxygens (including phenoxy) is 1. The zero-order chi connectivity index (χ0) is 9.19. The van der Waals surface area contributed by atoms with Gasteiger partial charge in [0, 0.05) is 17.3 Å². The van der Waals surface area contributed by atoms with E-state index in [1.807, 2.05) is 0 Å². The molecule has 0 radical (unpaired) electrons. The van der Waals surface area contributed by atoms with Gasteiger partial charge in [0.1, 0.15) is 6.10 Å². The van der Waals surface area contributed by atoms with Crippen LogP contribution in [0, 0.1) is 0 Å². The normalized spacial score (nSPS) is 34.8. The third-order valence-corrected chi connectivity index (χ3v) is 2.86. The summed E-state index contributed by atoms with van der Waals surface area (Å²) in [7, 11) is 0. The number of esters is 1. The van der Waals surface area contributed by atoms with Gasteiger partial charge in [-0.25, -0.2) is 4.79 Å². The highest BCUT2D eigenvalue weighted by Gasteiger charge is 2.46. The van der Waals surface area contributed by atoms with E-state index >= 15 is 0 Å². The lowest BCUT2D eigenvalue weighted by atomic mass is 9.96. The van der Waals surface area contributed by atoms with E-state index in [0.717, 1.165) is 4.43 Å². The molecule has 1 saturated heterocycles. The van der Waals surface area contributed by atoms with Crippen molar-refractivity contribution in [2.75, 3.05) is 4.43 Å². The van der Waals surface area contributed by atoms with Crippen molar-refractivity contribution in [2.24, 2.45) is 0 Å². The summed E-state index contributed by atoms with van der Waals surface area (Å²) in [5, 5.41) is 9.71. The lowest BCUT2D eigenvalue weighted by molar-refractivity contribution is -0.154. The Kier molecular flexibility index (Phi) is 3.11. The molecule has 0 saturated carbocycles. The molecule has 1 fully saturated rings. The molecule has 0 aromatic rings. The second kappa shape index (κ2) is 3.74. The van der Waals surface area contributed by atoms with E-state index in [2.05, 4.69) is 29.2 Å². The van der Waals surface area contributed by atoms with Gasteiger partial charge >= 0.3 is 5.97 Å². The van der Waals surface area contributed by atoms with Gasteiger partial charge in [-0.2, -0.15) is 0 Å². The number of aliphatic hydroxyl groups is 1. The third kappa shape index (κ3) is 1.80. The van der Waals surface area contributed by atoms with E-state index in [9.17, 15) is 9.90 Å². The maximum atomic E-state index is 11.1. The highest BCUT2D eigenvalue weighted by molar-refractivity contribution is 14.1. The van der Waals surface area contributed by atoms with Gasteiger partial charge in [-0.3, -0.25) is 0 Å². The molecule has 1 rings (SSSR count). The Morgan fingerprint density at radius 3 is 3.00 bits per heavy atom. The molecule has 1 aliphatic rings. The third-order valence-electron chi connectivity index (χ3n) is 1.87. The first-order chi connectivity index (χ1) is 5.62. The predicted octanol–water partition coefficient (Wildman–Crippen LogP) is 1.04. The van der Waals surface area contributed by atoms with E-state index < -0.39 is 11.6 Å². The van der Waals surface area contributed by atoms with E-state index in [1.54, 1.807) is 0 Å². The predicted molar refractivity (Wildman–Crippen MR) is 53.1 cm³/mol. The molecule has 0 aliphatic carbocycles. The Bertz CT molecular complexity index is 204. The number of cyclic esters (lactones) is 1. The van der Waals surface area contributed by atoms with Crippen LogP contribution in [0.1, 0.15) is 12.8 Å². The highest BCUT2D eigenvalue weighted by Crippen LogP contribution is 2.29. The van der Waals surface area contributed by atoms with Crippen molar-refractivity contribution in [3.8, 4) is 0 Å². The SMILES string of the molecule is C=CC[C@@]1(O)C[C@H](CI)OC1=O. The Balaban J connectivity index is 2.66. The molecule has 0 aromatic heterocycles. The van der Waals surface area contributed by atoms with Crippen LogP contribution in [0.15, 0.2) is 12.7 Å². The maximum absolute atomic E-state index is 11.1. The van der Waals surface area contributed by atoms with Crippen LogP contribution < -0.4 is 0 Å². The molecule has 0 unspecified atom stereocenters. The summed E-state index contributed by atoms with van der Waals surface area (Å²) in [6.45, 7) is 3.49. The van der Waals surface area contributed by atoms with Crippen molar-refractivity contribution in [3.05, 3.63) is 12.7 Å². The summed E-state index contributed by atoms with van der Waals surface area (Å²) in [6.07, 6.45) is 2.07. The molecule has 1 aliphatic heterocycles. The van der Waals surface area contributed by atoms with Crippen LogP contribution in [-0.4, -0.2) is 27.2 Å². The van der Waals surface area contributed by atoms with Crippen LogP contribution in [0.2, 0.25) is 0 Å².